The Morgan fingerprint density at radius 2 is 2.19 bits per heavy atom. The van der Waals surface area contributed by atoms with E-state index < -0.39 is 0 Å². The molecule has 1 aliphatic heterocycles. The highest BCUT2D eigenvalue weighted by molar-refractivity contribution is 4.94. The highest BCUT2D eigenvalue weighted by atomic mass is 16.5. The van der Waals surface area contributed by atoms with Crippen LogP contribution in [0.1, 0.15) is 34.1 Å². The Morgan fingerprint density at radius 3 is 2.69 bits per heavy atom. The van der Waals surface area contributed by atoms with Gasteiger partial charge in [0.15, 0.2) is 0 Å². The maximum atomic E-state index is 6.22. The summed E-state index contributed by atoms with van der Waals surface area (Å²) in [6.07, 6.45) is 1.13. The van der Waals surface area contributed by atoms with E-state index in [-0.39, 0.29) is 17.6 Å². The zero-order chi connectivity index (χ0) is 12.3. The van der Waals surface area contributed by atoms with Gasteiger partial charge in [-0.15, -0.1) is 0 Å². The number of rotatable bonds is 3. The van der Waals surface area contributed by atoms with Gasteiger partial charge in [-0.3, -0.25) is 0 Å². The van der Waals surface area contributed by atoms with Crippen LogP contribution in [0, 0.1) is 5.41 Å². The van der Waals surface area contributed by atoms with E-state index in [1.165, 1.54) is 0 Å². The van der Waals surface area contributed by atoms with Gasteiger partial charge in [-0.2, -0.15) is 0 Å². The van der Waals surface area contributed by atoms with Crippen LogP contribution < -0.4 is 5.73 Å². The van der Waals surface area contributed by atoms with E-state index in [1.807, 2.05) is 6.92 Å². The first-order valence-corrected chi connectivity index (χ1v) is 6.07. The van der Waals surface area contributed by atoms with Crippen LogP contribution in [-0.4, -0.2) is 36.7 Å². The summed E-state index contributed by atoms with van der Waals surface area (Å²) in [7, 11) is 0. The molecular formula is C13H26N2O. The lowest BCUT2D eigenvalue weighted by atomic mass is 9.86. The normalized spacial score (nSPS) is 24.3. The molecule has 0 aromatic rings. The monoisotopic (exact) mass is 226 g/mol. The Labute approximate surface area is 99.6 Å². The Hall–Kier alpha value is -0.540. The van der Waals surface area contributed by atoms with Crippen molar-refractivity contribution in [3.63, 3.8) is 0 Å². The zero-order valence-electron chi connectivity index (χ0n) is 11.1. The van der Waals surface area contributed by atoms with Crippen molar-refractivity contribution in [2.45, 2.75) is 46.3 Å². The molecule has 0 aromatic heterocycles. The molecule has 0 spiro atoms. The van der Waals surface area contributed by atoms with E-state index in [0.29, 0.717) is 0 Å². The highest BCUT2D eigenvalue weighted by Crippen LogP contribution is 2.23. The van der Waals surface area contributed by atoms with E-state index in [9.17, 15) is 0 Å². The van der Waals surface area contributed by atoms with Crippen LogP contribution in [0.4, 0.5) is 0 Å². The first-order chi connectivity index (χ1) is 7.29. The van der Waals surface area contributed by atoms with Crippen LogP contribution in [0.2, 0.25) is 0 Å². The van der Waals surface area contributed by atoms with Gasteiger partial charge >= 0.3 is 0 Å². The third kappa shape index (κ3) is 4.14. The zero-order valence-corrected chi connectivity index (χ0v) is 11.1. The summed E-state index contributed by atoms with van der Waals surface area (Å²) in [5.74, 6) is 0. The van der Waals surface area contributed by atoms with Crippen molar-refractivity contribution in [1.82, 2.24) is 4.90 Å². The van der Waals surface area contributed by atoms with E-state index in [1.54, 1.807) is 0 Å². The molecule has 1 aliphatic rings. The Bertz CT molecular complexity index is 245. The summed E-state index contributed by atoms with van der Waals surface area (Å²) in [6, 6.07) is 0.113. The van der Waals surface area contributed by atoms with Gasteiger partial charge in [0.1, 0.15) is 0 Å². The van der Waals surface area contributed by atoms with Gasteiger partial charge in [-0.25, -0.2) is 0 Å². The molecule has 3 heteroatoms. The quantitative estimate of drug-likeness (QED) is 0.800. The van der Waals surface area contributed by atoms with Gasteiger partial charge in [0.05, 0.1) is 12.7 Å². The lowest BCUT2D eigenvalue weighted by Gasteiger charge is -2.38. The Morgan fingerprint density at radius 1 is 1.56 bits per heavy atom. The molecule has 0 saturated carbocycles. The molecule has 1 fully saturated rings. The molecule has 1 unspecified atom stereocenters. The molecule has 1 rings (SSSR count). The molecule has 0 bridgehead atoms. The highest BCUT2D eigenvalue weighted by Gasteiger charge is 2.28. The van der Waals surface area contributed by atoms with E-state index in [0.717, 1.165) is 31.8 Å². The number of morpholine rings is 1. The summed E-state index contributed by atoms with van der Waals surface area (Å²) in [5, 5.41) is 0. The third-order valence-corrected chi connectivity index (χ3v) is 2.96. The van der Waals surface area contributed by atoms with E-state index >= 15 is 0 Å². The molecule has 16 heavy (non-hydrogen) atoms. The van der Waals surface area contributed by atoms with Crippen molar-refractivity contribution in [2.75, 3.05) is 19.7 Å². The molecule has 2 atom stereocenters. The summed E-state index contributed by atoms with van der Waals surface area (Å²) in [4.78, 5) is 2.26. The largest absolute Gasteiger partial charge is 0.373 e. The summed E-state index contributed by atoms with van der Waals surface area (Å²) in [5.41, 5.74) is 7.58. The number of hydrogen-bond acceptors (Lipinski definition) is 3. The van der Waals surface area contributed by atoms with Gasteiger partial charge in [-0.05, 0) is 18.8 Å². The molecule has 0 aliphatic carbocycles. The minimum absolute atomic E-state index is 0.113. The minimum Gasteiger partial charge on any atom is -0.373 e. The Kier molecular flexibility index (Phi) is 4.39. The second-order valence-electron chi connectivity index (χ2n) is 6.02. The van der Waals surface area contributed by atoms with Crippen molar-refractivity contribution >= 4 is 0 Å². The van der Waals surface area contributed by atoms with Crippen LogP contribution in [0.3, 0.4) is 0 Å². The summed E-state index contributed by atoms with van der Waals surface area (Å²) >= 11 is 0. The smallest absolute Gasteiger partial charge is 0.0901 e. The number of nitrogens with two attached hydrogens (primary N) is 1. The lowest BCUT2D eigenvalue weighted by Crippen LogP contribution is -2.50. The van der Waals surface area contributed by atoms with Gasteiger partial charge in [0.25, 0.3) is 0 Å². The summed E-state index contributed by atoms with van der Waals surface area (Å²) in [6.45, 7) is 15.2. The minimum atomic E-state index is 0.113. The van der Waals surface area contributed by atoms with Crippen molar-refractivity contribution in [1.29, 1.82) is 0 Å². The second-order valence-corrected chi connectivity index (χ2v) is 6.02. The predicted octanol–water partition coefficient (Wildman–Crippen LogP) is 1.98. The topological polar surface area (TPSA) is 38.5 Å². The van der Waals surface area contributed by atoms with Gasteiger partial charge in [0.2, 0.25) is 0 Å². The standard InChI is InChI=1S/C13H26N2O/c1-10(2)15-6-7-16-12(9-15)11(14)8-13(3,4)5/h11-12H,1,6-9,14H2,2-5H3/t11-,12?/m1/s1. The van der Waals surface area contributed by atoms with Crippen molar-refractivity contribution in [2.24, 2.45) is 11.1 Å². The van der Waals surface area contributed by atoms with Crippen molar-refractivity contribution in [3.05, 3.63) is 12.3 Å². The fourth-order valence-corrected chi connectivity index (χ4v) is 2.12. The van der Waals surface area contributed by atoms with Crippen LogP contribution in [0.15, 0.2) is 12.3 Å². The molecule has 0 amide bonds. The SMILES string of the molecule is C=C(C)N1CCOC([C@H](N)CC(C)(C)C)C1. The van der Waals surface area contributed by atoms with Crippen LogP contribution >= 0.6 is 0 Å². The molecular weight excluding hydrogens is 200 g/mol. The molecule has 1 saturated heterocycles. The van der Waals surface area contributed by atoms with Gasteiger partial charge in [0, 0.05) is 24.8 Å². The molecule has 0 radical (unpaired) electrons. The number of ether oxygens (including phenoxy) is 1. The summed E-state index contributed by atoms with van der Waals surface area (Å²) < 4.78 is 5.76. The predicted molar refractivity (Wildman–Crippen MR) is 68.2 cm³/mol. The van der Waals surface area contributed by atoms with E-state index in [2.05, 4.69) is 32.3 Å². The number of hydrogen-bond donors (Lipinski definition) is 1. The fourth-order valence-electron chi connectivity index (χ4n) is 2.12. The molecule has 0 aromatic carbocycles. The average Bonchev–Trinajstić information content (AvgIpc) is 2.15. The fraction of sp³-hybridized carbons (Fsp3) is 0.846. The lowest BCUT2D eigenvalue weighted by molar-refractivity contribution is -0.0349. The number of nitrogens with zero attached hydrogens (tertiary/aromatic N) is 1. The van der Waals surface area contributed by atoms with Crippen LogP contribution in [0.25, 0.3) is 0 Å². The number of allylic oxidation sites excluding steroid dienone is 1. The van der Waals surface area contributed by atoms with Crippen LogP contribution in [0.5, 0.6) is 0 Å². The first kappa shape index (κ1) is 13.5. The first-order valence-electron chi connectivity index (χ1n) is 6.07. The van der Waals surface area contributed by atoms with E-state index in [4.69, 9.17) is 10.5 Å². The maximum absolute atomic E-state index is 6.22. The average molecular weight is 226 g/mol. The van der Waals surface area contributed by atoms with Crippen LogP contribution in [-0.2, 0) is 4.74 Å². The van der Waals surface area contributed by atoms with Gasteiger partial charge in [-0.1, -0.05) is 27.4 Å². The van der Waals surface area contributed by atoms with Gasteiger partial charge < -0.3 is 15.4 Å². The van der Waals surface area contributed by atoms with Crippen molar-refractivity contribution in [3.8, 4) is 0 Å². The second kappa shape index (κ2) is 5.19. The molecule has 94 valence electrons. The molecule has 3 nitrogen and oxygen atoms in total. The molecule has 1 heterocycles. The Balaban J connectivity index is 2.50. The third-order valence-electron chi connectivity index (χ3n) is 2.96. The van der Waals surface area contributed by atoms with Crippen molar-refractivity contribution < 1.29 is 4.74 Å². The maximum Gasteiger partial charge on any atom is 0.0901 e. The molecule has 2 N–H and O–H groups in total.